The van der Waals surface area contributed by atoms with Crippen molar-refractivity contribution in [3.8, 4) is 27.7 Å². The van der Waals surface area contributed by atoms with Crippen LogP contribution in [0.5, 0.6) is 17.2 Å². The first-order chi connectivity index (χ1) is 23.0. The summed E-state index contributed by atoms with van der Waals surface area (Å²) in [6, 6.07) is 20.0. The molecule has 7 nitrogen and oxygen atoms in total. The lowest BCUT2D eigenvalue weighted by atomic mass is 9.97. The summed E-state index contributed by atoms with van der Waals surface area (Å²) in [6.07, 6.45) is 3.79. The number of benzene rings is 3. The van der Waals surface area contributed by atoms with Crippen molar-refractivity contribution >= 4 is 39.1 Å². The zero-order chi connectivity index (χ0) is 34.4. The van der Waals surface area contributed by atoms with Crippen LogP contribution in [-0.4, -0.2) is 48.9 Å². The SMILES string of the molecule is CC(C)C(C)C(=O)Oc1ccc(-c2sc3cc(OC(=O)C(C)C(C)C)ccc3c2C(=O)c2ccc(OCCN3CCCCC3)cc2)cc1. The summed E-state index contributed by atoms with van der Waals surface area (Å²) in [5.74, 6) is 0.806. The lowest BCUT2D eigenvalue weighted by Crippen LogP contribution is -2.33. The van der Waals surface area contributed by atoms with Crippen LogP contribution in [0, 0.1) is 23.7 Å². The van der Waals surface area contributed by atoms with Crippen molar-refractivity contribution in [1.82, 2.24) is 4.90 Å². The fourth-order valence-corrected chi connectivity index (χ4v) is 6.76. The Balaban J connectivity index is 1.42. The molecule has 1 saturated heterocycles. The average Bonchev–Trinajstić information content (AvgIpc) is 3.47. The summed E-state index contributed by atoms with van der Waals surface area (Å²) in [7, 11) is 0. The highest BCUT2D eigenvalue weighted by Gasteiger charge is 2.24. The van der Waals surface area contributed by atoms with Crippen molar-refractivity contribution in [1.29, 1.82) is 0 Å². The van der Waals surface area contributed by atoms with E-state index in [1.165, 1.54) is 30.6 Å². The van der Waals surface area contributed by atoms with Crippen LogP contribution in [0.15, 0.2) is 66.7 Å². The summed E-state index contributed by atoms with van der Waals surface area (Å²) in [4.78, 5) is 42.7. The van der Waals surface area contributed by atoms with Gasteiger partial charge in [-0.3, -0.25) is 19.3 Å². The number of hydrogen-bond donors (Lipinski definition) is 0. The van der Waals surface area contributed by atoms with Crippen LogP contribution in [0.4, 0.5) is 0 Å². The second-order valence-corrected chi connectivity index (χ2v) is 14.6. The molecule has 2 heterocycles. The predicted octanol–water partition coefficient (Wildman–Crippen LogP) is 9.06. The molecule has 2 unspecified atom stereocenters. The van der Waals surface area contributed by atoms with E-state index < -0.39 is 0 Å². The molecular formula is C40H47NO6S. The van der Waals surface area contributed by atoms with Gasteiger partial charge < -0.3 is 14.2 Å². The van der Waals surface area contributed by atoms with Gasteiger partial charge in [-0.05, 0) is 110 Å². The molecule has 1 aromatic heterocycles. The number of thiophene rings is 1. The van der Waals surface area contributed by atoms with Crippen LogP contribution >= 0.6 is 11.3 Å². The van der Waals surface area contributed by atoms with Crippen molar-refractivity contribution < 1.29 is 28.6 Å². The monoisotopic (exact) mass is 669 g/mol. The molecule has 8 heteroatoms. The Labute approximate surface area is 288 Å². The molecule has 0 amide bonds. The van der Waals surface area contributed by atoms with Gasteiger partial charge in [0.25, 0.3) is 0 Å². The van der Waals surface area contributed by atoms with E-state index in [2.05, 4.69) is 4.90 Å². The largest absolute Gasteiger partial charge is 0.492 e. The Morgan fingerprint density at radius 2 is 1.27 bits per heavy atom. The normalized spacial score (nSPS) is 15.0. The summed E-state index contributed by atoms with van der Waals surface area (Å²) in [5.41, 5.74) is 1.94. The molecule has 0 spiro atoms. The molecule has 0 radical (unpaired) electrons. The quantitative estimate of drug-likeness (QED) is 0.0798. The molecule has 4 aromatic rings. The third-order valence-electron chi connectivity index (χ3n) is 9.43. The number of likely N-dealkylation sites (tertiary alicyclic amines) is 1. The fourth-order valence-electron chi connectivity index (χ4n) is 5.53. The minimum Gasteiger partial charge on any atom is -0.492 e. The van der Waals surface area contributed by atoms with E-state index in [0.717, 1.165) is 45.9 Å². The number of esters is 2. The van der Waals surface area contributed by atoms with Crippen LogP contribution in [0.3, 0.4) is 0 Å². The van der Waals surface area contributed by atoms with Gasteiger partial charge in [-0.1, -0.05) is 48.0 Å². The Bertz CT molecular complexity index is 1720. The van der Waals surface area contributed by atoms with Crippen molar-refractivity contribution in [3.63, 3.8) is 0 Å². The van der Waals surface area contributed by atoms with Crippen molar-refractivity contribution in [2.24, 2.45) is 23.7 Å². The third-order valence-corrected chi connectivity index (χ3v) is 10.6. The molecule has 1 aliphatic rings. The number of carbonyl (C=O) groups is 3. The Kier molecular flexibility index (Phi) is 11.7. The molecule has 5 rings (SSSR count). The van der Waals surface area contributed by atoms with Gasteiger partial charge in [0.1, 0.15) is 23.9 Å². The topological polar surface area (TPSA) is 82.1 Å². The second kappa shape index (κ2) is 15.9. The van der Waals surface area contributed by atoms with E-state index in [1.807, 2.05) is 90.1 Å². The number of ketones is 1. The van der Waals surface area contributed by atoms with Crippen LogP contribution in [0.25, 0.3) is 20.5 Å². The van der Waals surface area contributed by atoms with Crippen LogP contribution < -0.4 is 14.2 Å². The first-order valence-electron chi connectivity index (χ1n) is 17.1. The van der Waals surface area contributed by atoms with Gasteiger partial charge in [0, 0.05) is 32.6 Å². The Morgan fingerprint density at radius 1 is 0.708 bits per heavy atom. The highest BCUT2D eigenvalue weighted by molar-refractivity contribution is 7.22. The van der Waals surface area contributed by atoms with Crippen LogP contribution in [0.1, 0.15) is 76.7 Å². The second-order valence-electron chi connectivity index (χ2n) is 13.5. The van der Waals surface area contributed by atoms with E-state index in [9.17, 15) is 14.4 Å². The zero-order valence-corrected chi connectivity index (χ0v) is 29.7. The molecule has 1 fully saturated rings. The number of ether oxygens (including phenoxy) is 3. The van der Waals surface area contributed by atoms with Crippen molar-refractivity contribution in [2.45, 2.75) is 60.8 Å². The molecular weight excluding hydrogens is 623 g/mol. The highest BCUT2D eigenvalue weighted by atomic mass is 32.1. The third kappa shape index (κ3) is 8.52. The number of hydrogen-bond acceptors (Lipinski definition) is 8. The van der Waals surface area contributed by atoms with Crippen LogP contribution in [0.2, 0.25) is 0 Å². The van der Waals surface area contributed by atoms with Crippen molar-refractivity contribution in [3.05, 3.63) is 77.9 Å². The van der Waals surface area contributed by atoms with E-state index in [-0.39, 0.29) is 41.4 Å². The lowest BCUT2D eigenvalue weighted by molar-refractivity contribution is -0.140. The number of nitrogens with zero attached hydrogens (tertiary/aromatic N) is 1. The van der Waals surface area contributed by atoms with E-state index in [0.29, 0.717) is 29.2 Å². The van der Waals surface area contributed by atoms with Gasteiger partial charge in [0.15, 0.2) is 5.78 Å². The number of rotatable bonds is 13. The molecule has 254 valence electrons. The highest BCUT2D eigenvalue weighted by Crippen LogP contribution is 2.42. The van der Waals surface area contributed by atoms with E-state index in [4.69, 9.17) is 14.2 Å². The van der Waals surface area contributed by atoms with Gasteiger partial charge in [0.2, 0.25) is 0 Å². The zero-order valence-electron chi connectivity index (χ0n) is 28.9. The smallest absolute Gasteiger partial charge is 0.314 e. The number of piperidine rings is 1. The summed E-state index contributed by atoms with van der Waals surface area (Å²) in [6.45, 7) is 15.4. The lowest BCUT2D eigenvalue weighted by Gasteiger charge is -2.26. The summed E-state index contributed by atoms with van der Waals surface area (Å²) in [5, 5.41) is 0.778. The van der Waals surface area contributed by atoms with Gasteiger partial charge in [0.05, 0.1) is 11.8 Å². The molecule has 0 N–H and O–H groups in total. The van der Waals surface area contributed by atoms with E-state index >= 15 is 0 Å². The summed E-state index contributed by atoms with van der Waals surface area (Å²) < 4.78 is 18.2. The number of carbonyl (C=O) groups excluding carboxylic acids is 3. The Hall–Kier alpha value is -4.01. The first kappa shape index (κ1) is 35.3. The molecule has 48 heavy (non-hydrogen) atoms. The van der Waals surface area contributed by atoms with Gasteiger partial charge in [-0.15, -0.1) is 11.3 Å². The molecule has 1 aliphatic heterocycles. The maximum Gasteiger partial charge on any atom is 0.314 e. The van der Waals surface area contributed by atoms with Gasteiger partial charge in [-0.25, -0.2) is 0 Å². The standard InChI is InChI=1S/C40H47NO6S/c1-25(2)27(5)39(43)46-32-16-12-30(13-17-32)38-36(34-19-18-33(24-35(34)48-38)47-40(44)28(6)26(3)4)37(42)29-10-14-31(15-11-29)45-23-22-41-20-8-7-9-21-41/h10-19,24-28H,7-9,20-23H2,1-6H3. The predicted molar refractivity (Wildman–Crippen MR) is 192 cm³/mol. The molecule has 0 bridgehead atoms. The molecule has 2 atom stereocenters. The number of fused-ring (bicyclic) bond motifs is 1. The van der Waals surface area contributed by atoms with Gasteiger partial charge >= 0.3 is 11.9 Å². The fraction of sp³-hybridized carbons (Fsp3) is 0.425. The first-order valence-corrected chi connectivity index (χ1v) is 17.9. The summed E-state index contributed by atoms with van der Waals surface area (Å²) >= 11 is 1.46. The maximum absolute atomic E-state index is 14.2. The molecule has 0 saturated carbocycles. The maximum atomic E-state index is 14.2. The Morgan fingerprint density at radius 3 is 1.88 bits per heavy atom. The van der Waals surface area contributed by atoms with Crippen LogP contribution in [-0.2, 0) is 9.59 Å². The van der Waals surface area contributed by atoms with Gasteiger partial charge in [-0.2, -0.15) is 0 Å². The van der Waals surface area contributed by atoms with E-state index in [1.54, 1.807) is 18.2 Å². The molecule has 0 aliphatic carbocycles. The average molecular weight is 670 g/mol. The van der Waals surface area contributed by atoms with Crippen molar-refractivity contribution in [2.75, 3.05) is 26.2 Å². The minimum absolute atomic E-state index is 0.115. The minimum atomic E-state index is -0.285. The molecule has 3 aromatic carbocycles.